The van der Waals surface area contributed by atoms with E-state index in [1.54, 1.807) is 6.92 Å². The van der Waals surface area contributed by atoms with E-state index < -0.39 is 0 Å². The maximum Gasteiger partial charge on any atom is 0.155 e. The van der Waals surface area contributed by atoms with Crippen LogP contribution in [0.1, 0.15) is 34.1 Å². The summed E-state index contributed by atoms with van der Waals surface area (Å²) in [6.07, 6.45) is 4.79. The van der Waals surface area contributed by atoms with Gasteiger partial charge in [0.1, 0.15) is 0 Å². The number of hydrogen-bond donors (Lipinski definition) is 0. The van der Waals surface area contributed by atoms with Crippen molar-refractivity contribution in [1.82, 2.24) is 0 Å². The van der Waals surface area contributed by atoms with Crippen molar-refractivity contribution >= 4 is 5.78 Å². The van der Waals surface area contributed by atoms with Crippen LogP contribution in [0.15, 0.2) is 24.3 Å². The molecule has 0 bridgehead atoms. The number of Topliss-reactive ketones (excluding diaryl/α,β-unsaturated/α-hetero) is 1. The average molecular weight is 166 g/mol. The molecule has 0 saturated heterocycles. The Kier molecular flexibility index (Phi) is 3.94. The minimum absolute atomic E-state index is 0.0531. The normalized spacial score (nSPS) is 12.8. The second-order valence-corrected chi connectivity index (χ2v) is 3.86. The van der Waals surface area contributed by atoms with Crippen LogP contribution in [0.5, 0.6) is 0 Å². The molecule has 12 heavy (non-hydrogen) atoms. The fourth-order valence-corrected chi connectivity index (χ4v) is 1.12. The lowest BCUT2D eigenvalue weighted by molar-refractivity contribution is -0.113. The van der Waals surface area contributed by atoms with E-state index in [9.17, 15) is 4.79 Å². The molecule has 0 fully saturated rings. The first-order valence-electron chi connectivity index (χ1n) is 4.20. The highest BCUT2D eigenvalue weighted by molar-refractivity contribution is 5.92. The first kappa shape index (κ1) is 11.2. The van der Waals surface area contributed by atoms with Crippen molar-refractivity contribution in [2.45, 2.75) is 34.1 Å². The predicted octanol–water partition coefficient (Wildman–Crippen LogP) is 3.12. The lowest BCUT2D eigenvalue weighted by atomic mass is 9.87. The second-order valence-electron chi connectivity index (χ2n) is 3.86. The third-order valence-electron chi connectivity index (χ3n) is 1.83. The van der Waals surface area contributed by atoms with Crippen molar-refractivity contribution in [1.29, 1.82) is 0 Å². The molecule has 68 valence electrons. The average Bonchev–Trinajstić information content (AvgIpc) is 1.85. The van der Waals surface area contributed by atoms with Gasteiger partial charge in [-0.2, -0.15) is 0 Å². The molecule has 0 aromatic carbocycles. The van der Waals surface area contributed by atoms with Gasteiger partial charge in [0.25, 0.3) is 0 Å². The summed E-state index contributed by atoms with van der Waals surface area (Å²) in [4.78, 5) is 10.9. The monoisotopic (exact) mass is 166 g/mol. The first-order valence-corrected chi connectivity index (χ1v) is 4.20. The van der Waals surface area contributed by atoms with Crippen molar-refractivity contribution in [2.24, 2.45) is 5.41 Å². The second kappa shape index (κ2) is 4.24. The van der Waals surface area contributed by atoms with Gasteiger partial charge in [-0.1, -0.05) is 26.0 Å². The summed E-state index contributed by atoms with van der Waals surface area (Å²) in [7, 11) is 0. The maximum absolute atomic E-state index is 10.9. The molecule has 0 heterocycles. The molecule has 0 aromatic rings. The summed E-state index contributed by atoms with van der Waals surface area (Å²) in [5.74, 6) is 0.145. The van der Waals surface area contributed by atoms with E-state index in [2.05, 4.69) is 20.4 Å². The number of carbonyl (C=O) groups excluding carboxylic acids is 1. The quantitative estimate of drug-likeness (QED) is 0.463. The number of carbonyl (C=O) groups is 1. The SMILES string of the molecule is C=CCC(C)(C)C=C(C)C(C)=O. The number of allylic oxidation sites excluding steroid dienone is 3. The molecule has 0 N–H and O–H groups in total. The van der Waals surface area contributed by atoms with Crippen LogP contribution in [0.25, 0.3) is 0 Å². The van der Waals surface area contributed by atoms with Crippen LogP contribution >= 0.6 is 0 Å². The number of ketones is 1. The molecule has 1 nitrogen and oxygen atoms in total. The Morgan fingerprint density at radius 3 is 2.25 bits per heavy atom. The van der Waals surface area contributed by atoms with Crippen molar-refractivity contribution in [3.63, 3.8) is 0 Å². The Bertz CT molecular complexity index is 209. The molecule has 0 saturated carbocycles. The van der Waals surface area contributed by atoms with E-state index in [1.165, 1.54) is 0 Å². The fraction of sp³-hybridized carbons (Fsp3) is 0.545. The van der Waals surface area contributed by atoms with E-state index in [0.717, 1.165) is 12.0 Å². The van der Waals surface area contributed by atoms with Gasteiger partial charge in [-0.15, -0.1) is 6.58 Å². The number of hydrogen-bond acceptors (Lipinski definition) is 1. The van der Waals surface area contributed by atoms with Crippen molar-refractivity contribution < 1.29 is 4.79 Å². The first-order chi connectivity index (χ1) is 5.39. The molecule has 0 aliphatic rings. The third kappa shape index (κ3) is 4.12. The van der Waals surface area contributed by atoms with Crippen LogP contribution in [-0.2, 0) is 4.79 Å². The smallest absolute Gasteiger partial charge is 0.155 e. The zero-order valence-electron chi connectivity index (χ0n) is 8.48. The molecular weight excluding hydrogens is 148 g/mol. The van der Waals surface area contributed by atoms with Crippen LogP contribution in [0.2, 0.25) is 0 Å². The summed E-state index contributed by atoms with van der Waals surface area (Å²) in [5, 5.41) is 0. The van der Waals surface area contributed by atoms with Gasteiger partial charge in [0.2, 0.25) is 0 Å². The van der Waals surface area contributed by atoms with Gasteiger partial charge in [0.15, 0.2) is 5.78 Å². The lowest BCUT2D eigenvalue weighted by Crippen LogP contribution is -2.08. The van der Waals surface area contributed by atoms with Gasteiger partial charge < -0.3 is 0 Å². The van der Waals surface area contributed by atoms with Crippen LogP contribution < -0.4 is 0 Å². The topological polar surface area (TPSA) is 17.1 Å². The molecule has 0 spiro atoms. The Morgan fingerprint density at radius 1 is 1.42 bits per heavy atom. The van der Waals surface area contributed by atoms with E-state index in [-0.39, 0.29) is 11.2 Å². The zero-order chi connectivity index (χ0) is 9.78. The minimum atomic E-state index is 0.0531. The maximum atomic E-state index is 10.9. The van der Waals surface area contributed by atoms with Crippen molar-refractivity contribution in [2.75, 3.05) is 0 Å². The molecule has 1 heteroatoms. The molecule has 0 rings (SSSR count). The summed E-state index contributed by atoms with van der Waals surface area (Å²) >= 11 is 0. The highest BCUT2D eigenvalue weighted by Crippen LogP contribution is 2.24. The highest BCUT2D eigenvalue weighted by atomic mass is 16.1. The summed E-state index contributed by atoms with van der Waals surface area (Å²) in [6.45, 7) is 11.3. The lowest BCUT2D eigenvalue weighted by Gasteiger charge is -2.18. The summed E-state index contributed by atoms with van der Waals surface area (Å²) in [6, 6.07) is 0. The van der Waals surface area contributed by atoms with Gasteiger partial charge >= 0.3 is 0 Å². The Hall–Kier alpha value is -0.850. The largest absolute Gasteiger partial charge is 0.295 e. The molecule has 0 atom stereocenters. The molecular formula is C11H18O. The van der Waals surface area contributed by atoms with E-state index >= 15 is 0 Å². The Balaban J connectivity index is 4.48. The van der Waals surface area contributed by atoms with Crippen molar-refractivity contribution in [3.05, 3.63) is 24.3 Å². The molecule has 0 amide bonds. The van der Waals surface area contributed by atoms with Crippen LogP contribution in [0.3, 0.4) is 0 Å². The van der Waals surface area contributed by atoms with Gasteiger partial charge in [-0.25, -0.2) is 0 Å². The summed E-state index contributed by atoms with van der Waals surface area (Å²) < 4.78 is 0. The van der Waals surface area contributed by atoms with Crippen molar-refractivity contribution in [3.8, 4) is 0 Å². The van der Waals surface area contributed by atoms with Gasteiger partial charge in [-0.3, -0.25) is 4.79 Å². The van der Waals surface area contributed by atoms with Crippen LogP contribution in [0, 0.1) is 5.41 Å². The molecule has 0 aromatic heterocycles. The molecule has 0 radical (unpaired) electrons. The van der Waals surface area contributed by atoms with Gasteiger partial charge in [0.05, 0.1) is 0 Å². The zero-order valence-corrected chi connectivity index (χ0v) is 8.48. The standard InChI is InChI=1S/C11H18O/c1-6-7-11(4,5)8-9(2)10(3)12/h6,8H,1,7H2,2-5H3. The van der Waals surface area contributed by atoms with E-state index in [0.29, 0.717) is 0 Å². The fourth-order valence-electron chi connectivity index (χ4n) is 1.12. The predicted molar refractivity (Wildman–Crippen MR) is 53.0 cm³/mol. The summed E-state index contributed by atoms with van der Waals surface area (Å²) in [5.41, 5.74) is 0.888. The number of rotatable bonds is 4. The van der Waals surface area contributed by atoms with Gasteiger partial charge in [0, 0.05) is 0 Å². The van der Waals surface area contributed by atoms with Crippen LogP contribution in [-0.4, -0.2) is 5.78 Å². The van der Waals surface area contributed by atoms with E-state index in [4.69, 9.17) is 0 Å². The van der Waals surface area contributed by atoms with E-state index in [1.807, 2.05) is 19.1 Å². The third-order valence-corrected chi connectivity index (χ3v) is 1.83. The molecule has 0 aliphatic heterocycles. The van der Waals surface area contributed by atoms with Gasteiger partial charge in [-0.05, 0) is 31.3 Å². The molecule has 0 unspecified atom stereocenters. The molecule has 0 aliphatic carbocycles. The van der Waals surface area contributed by atoms with Crippen LogP contribution in [0.4, 0.5) is 0 Å². The minimum Gasteiger partial charge on any atom is -0.295 e. The highest BCUT2D eigenvalue weighted by Gasteiger charge is 2.13. The Morgan fingerprint density at radius 2 is 1.92 bits per heavy atom. The Labute approximate surface area is 75.2 Å².